The Morgan fingerprint density at radius 1 is 1.64 bits per heavy atom. The maximum atomic E-state index is 11.4. The Bertz CT molecular complexity index is 310. The Morgan fingerprint density at radius 2 is 2.50 bits per heavy atom. The fourth-order valence-corrected chi connectivity index (χ4v) is 2.42. The van der Waals surface area contributed by atoms with Crippen LogP contribution in [0.2, 0.25) is 0 Å². The lowest BCUT2D eigenvalue weighted by Gasteiger charge is -2.14. The number of carbonyl (C=O) groups excluding carboxylic acids is 1. The molecule has 2 heterocycles. The molecule has 0 radical (unpaired) electrons. The fraction of sp³-hybridized carbons (Fsp3) is 0.500. The number of carbonyl (C=O) groups is 1. The molecule has 0 aromatic carbocycles. The first-order valence-electron chi connectivity index (χ1n) is 4.81. The minimum Gasteiger partial charge on any atom is -0.341 e. The van der Waals surface area contributed by atoms with Gasteiger partial charge in [0.15, 0.2) is 0 Å². The highest BCUT2D eigenvalue weighted by Gasteiger charge is 2.26. The highest BCUT2D eigenvalue weighted by Crippen LogP contribution is 2.13. The summed E-state index contributed by atoms with van der Waals surface area (Å²) in [4.78, 5) is 14.6. The molecular weight excluding hydrogens is 196 g/mol. The average molecular weight is 210 g/mol. The summed E-state index contributed by atoms with van der Waals surface area (Å²) in [5.74, 6) is 0.203. The number of amides is 1. The second-order valence-corrected chi connectivity index (χ2v) is 4.67. The fourth-order valence-electron chi connectivity index (χ4n) is 1.72. The third-order valence-corrected chi connectivity index (χ3v) is 3.39. The predicted octanol–water partition coefficient (Wildman–Crippen LogP) is 0.850. The average Bonchev–Trinajstić information content (AvgIpc) is 2.72. The van der Waals surface area contributed by atoms with Crippen LogP contribution in [-0.2, 0) is 11.2 Å². The molecule has 14 heavy (non-hydrogen) atoms. The molecule has 0 aliphatic carbocycles. The van der Waals surface area contributed by atoms with Crippen molar-refractivity contribution in [1.82, 2.24) is 4.90 Å². The summed E-state index contributed by atoms with van der Waals surface area (Å²) in [7, 11) is 0. The number of nitrogens with two attached hydrogens (primary N) is 1. The number of rotatable bonds is 3. The van der Waals surface area contributed by atoms with Crippen LogP contribution >= 0.6 is 11.3 Å². The molecule has 1 atom stereocenters. The lowest BCUT2D eigenvalue weighted by Crippen LogP contribution is -2.29. The summed E-state index contributed by atoms with van der Waals surface area (Å²) in [6.07, 6.45) is 1.47. The number of hydrogen-bond acceptors (Lipinski definition) is 3. The summed E-state index contributed by atoms with van der Waals surface area (Å²) in [5, 5.41) is 2.06. The van der Waals surface area contributed by atoms with Gasteiger partial charge < -0.3 is 10.6 Å². The van der Waals surface area contributed by atoms with Gasteiger partial charge in [0.1, 0.15) is 0 Å². The Kier molecular flexibility index (Phi) is 2.84. The largest absolute Gasteiger partial charge is 0.341 e. The zero-order chi connectivity index (χ0) is 9.97. The first-order chi connectivity index (χ1) is 6.75. The Morgan fingerprint density at radius 3 is 3.07 bits per heavy atom. The van der Waals surface area contributed by atoms with E-state index in [1.807, 2.05) is 11.0 Å². The van der Waals surface area contributed by atoms with Crippen molar-refractivity contribution in [2.75, 3.05) is 13.1 Å². The van der Waals surface area contributed by atoms with Crippen LogP contribution in [0.5, 0.6) is 0 Å². The standard InChI is InChI=1S/C10H14N2OS/c11-8-6-10(13)12(7-8)4-3-9-2-1-5-14-9/h1-2,5,8H,3-4,6-7,11H2/t8-/m0/s1. The van der Waals surface area contributed by atoms with Gasteiger partial charge in [0.25, 0.3) is 0 Å². The number of likely N-dealkylation sites (tertiary alicyclic amines) is 1. The molecule has 1 saturated heterocycles. The molecule has 1 aromatic rings. The molecule has 1 aliphatic heterocycles. The molecule has 1 amide bonds. The van der Waals surface area contributed by atoms with Crippen LogP contribution in [-0.4, -0.2) is 29.9 Å². The zero-order valence-electron chi connectivity index (χ0n) is 7.98. The van der Waals surface area contributed by atoms with Crippen molar-refractivity contribution in [3.63, 3.8) is 0 Å². The molecule has 2 rings (SSSR count). The first-order valence-corrected chi connectivity index (χ1v) is 5.69. The van der Waals surface area contributed by atoms with Gasteiger partial charge in [0, 0.05) is 30.4 Å². The van der Waals surface area contributed by atoms with Crippen LogP contribution in [0.3, 0.4) is 0 Å². The predicted molar refractivity (Wildman–Crippen MR) is 57.2 cm³/mol. The topological polar surface area (TPSA) is 46.3 Å². The normalized spacial score (nSPS) is 21.9. The van der Waals surface area contributed by atoms with Gasteiger partial charge in [-0.05, 0) is 17.9 Å². The number of nitrogens with zero attached hydrogens (tertiary/aromatic N) is 1. The third kappa shape index (κ3) is 2.13. The van der Waals surface area contributed by atoms with Gasteiger partial charge in [-0.15, -0.1) is 11.3 Å². The maximum absolute atomic E-state index is 11.4. The maximum Gasteiger partial charge on any atom is 0.224 e. The number of hydrogen-bond donors (Lipinski definition) is 1. The summed E-state index contributed by atoms with van der Waals surface area (Å²) in [6, 6.07) is 4.19. The molecular formula is C10H14N2OS. The molecule has 1 fully saturated rings. The highest BCUT2D eigenvalue weighted by atomic mass is 32.1. The third-order valence-electron chi connectivity index (χ3n) is 2.45. The van der Waals surface area contributed by atoms with E-state index < -0.39 is 0 Å². The van der Waals surface area contributed by atoms with Gasteiger partial charge in [-0.2, -0.15) is 0 Å². The molecule has 2 N–H and O–H groups in total. The van der Waals surface area contributed by atoms with Crippen molar-refractivity contribution in [2.24, 2.45) is 5.73 Å². The first kappa shape index (κ1) is 9.68. The van der Waals surface area contributed by atoms with E-state index in [2.05, 4.69) is 11.4 Å². The van der Waals surface area contributed by atoms with E-state index in [9.17, 15) is 4.79 Å². The monoisotopic (exact) mass is 210 g/mol. The van der Waals surface area contributed by atoms with Crippen molar-refractivity contribution in [2.45, 2.75) is 18.9 Å². The second-order valence-electron chi connectivity index (χ2n) is 3.63. The van der Waals surface area contributed by atoms with Crippen LogP contribution in [0.1, 0.15) is 11.3 Å². The molecule has 0 unspecified atom stereocenters. The molecule has 76 valence electrons. The molecule has 0 spiro atoms. The minimum atomic E-state index is 0.0471. The molecule has 1 aromatic heterocycles. The van der Waals surface area contributed by atoms with Crippen LogP contribution in [0, 0.1) is 0 Å². The van der Waals surface area contributed by atoms with E-state index in [0.717, 1.165) is 19.5 Å². The van der Waals surface area contributed by atoms with Crippen LogP contribution in [0.25, 0.3) is 0 Å². The number of thiophene rings is 1. The van der Waals surface area contributed by atoms with Crippen molar-refractivity contribution < 1.29 is 4.79 Å². The highest BCUT2D eigenvalue weighted by molar-refractivity contribution is 7.09. The Hall–Kier alpha value is -0.870. The van der Waals surface area contributed by atoms with Gasteiger partial charge in [-0.1, -0.05) is 6.07 Å². The van der Waals surface area contributed by atoms with E-state index in [0.29, 0.717) is 6.42 Å². The van der Waals surface area contributed by atoms with Crippen LogP contribution < -0.4 is 5.73 Å². The summed E-state index contributed by atoms with van der Waals surface area (Å²) < 4.78 is 0. The van der Waals surface area contributed by atoms with Gasteiger partial charge >= 0.3 is 0 Å². The molecule has 3 nitrogen and oxygen atoms in total. The summed E-state index contributed by atoms with van der Waals surface area (Å²) in [6.45, 7) is 1.54. The molecule has 0 bridgehead atoms. The van der Waals surface area contributed by atoms with E-state index in [-0.39, 0.29) is 11.9 Å². The van der Waals surface area contributed by atoms with Crippen LogP contribution in [0.4, 0.5) is 0 Å². The second kappa shape index (κ2) is 4.11. The van der Waals surface area contributed by atoms with Crippen molar-refractivity contribution in [3.8, 4) is 0 Å². The minimum absolute atomic E-state index is 0.0471. The van der Waals surface area contributed by atoms with Crippen molar-refractivity contribution in [1.29, 1.82) is 0 Å². The van der Waals surface area contributed by atoms with Gasteiger partial charge in [-0.3, -0.25) is 4.79 Å². The molecule has 4 heteroatoms. The smallest absolute Gasteiger partial charge is 0.224 e. The van der Waals surface area contributed by atoms with E-state index in [1.54, 1.807) is 11.3 Å². The van der Waals surface area contributed by atoms with E-state index in [4.69, 9.17) is 5.73 Å². The van der Waals surface area contributed by atoms with Gasteiger partial charge in [0.05, 0.1) is 0 Å². The molecule has 1 aliphatic rings. The summed E-state index contributed by atoms with van der Waals surface area (Å²) in [5.41, 5.74) is 5.70. The van der Waals surface area contributed by atoms with Crippen molar-refractivity contribution in [3.05, 3.63) is 22.4 Å². The summed E-state index contributed by atoms with van der Waals surface area (Å²) >= 11 is 1.74. The van der Waals surface area contributed by atoms with Gasteiger partial charge in [-0.25, -0.2) is 0 Å². The zero-order valence-corrected chi connectivity index (χ0v) is 8.80. The lowest BCUT2D eigenvalue weighted by atomic mass is 10.3. The van der Waals surface area contributed by atoms with Crippen LogP contribution in [0.15, 0.2) is 17.5 Å². The SMILES string of the molecule is N[C@H]1CC(=O)N(CCc2cccs2)C1. The van der Waals surface area contributed by atoms with Crippen molar-refractivity contribution >= 4 is 17.2 Å². The Balaban J connectivity index is 1.84. The lowest BCUT2D eigenvalue weighted by molar-refractivity contribution is -0.127. The van der Waals surface area contributed by atoms with Gasteiger partial charge in [0.2, 0.25) is 5.91 Å². The quantitative estimate of drug-likeness (QED) is 0.804. The van der Waals surface area contributed by atoms with E-state index >= 15 is 0 Å². The molecule has 0 saturated carbocycles. The Labute approximate surface area is 87.5 Å². The van der Waals surface area contributed by atoms with E-state index in [1.165, 1.54) is 4.88 Å².